The van der Waals surface area contributed by atoms with Crippen LogP contribution in [0.1, 0.15) is 27.7 Å². The predicted octanol–water partition coefficient (Wildman–Crippen LogP) is 4.79. The van der Waals surface area contributed by atoms with Crippen molar-refractivity contribution in [1.29, 1.82) is 0 Å². The van der Waals surface area contributed by atoms with E-state index in [1.807, 2.05) is 0 Å². The topological polar surface area (TPSA) is 63.4 Å². The Morgan fingerprint density at radius 1 is 1.18 bits per heavy atom. The minimum absolute atomic E-state index is 0.0655. The second-order valence-corrected chi connectivity index (χ2v) is 7.57. The molecule has 3 heterocycles. The largest absolute Gasteiger partial charge is 0.450 e. The second-order valence-electron chi connectivity index (χ2n) is 6.26. The van der Waals surface area contributed by atoms with Gasteiger partial charge >= 0.3 is 0 Å². The number of amides is 1. The lowest BCUT2D eigenvalue weighted by Crippen LogP contribution is -2.29. The molecule has 0 N–H and O–H groups in total. The summed E-state index contributed by atoms with van der Waals surface area (Å²) in [7, 11) is 0. The number of fused-ring (bicyclic) bond motifs is 2. The van der Waals surface area contributed by atoms with Crippen molar-refractivity contribution in [3.05, 3.63) is 92.0 Å². The van der Waals surface area contributed by atoms with Crippen LogP contribution in [0.3, 0.4) is 0 Å². The van der Waals surface area contributed by atoms with E-state index < -0.39 is 17.8 Å². The number of carbonyl (C=O) groups excluding carboxylic acids is 1. The SMILES string of the molecule is O=C1c2oc3ccc(Cl)cc3c(=O)c2[C@@H](c2cccc(F)c2)N1c1nccs1. The van der Waals surface area contributed by atoms with Crippen LogP contribution in [0.15, 0.2) is 63.3 Å². The summed E-state index contributed by atoms with van der Waals surface area (Å²) in [6, 6.07) is 9.60. The summed E-state index contributed by atoms with van der Waals surface area (Å²) in [6.07, 6.45) is 1.56. The lowest BCUT2D eigenvalue weighted by atomic mass is 9.98. The molecule has 1 amide bonds. The minimum atomic E-state index is -0.844. The van der Waals surface area contributed by atoms with Gasteiger partial charge in [0, 0.05) is 16.6 Å². The van der Waals surface area contributed by atoms with E-state index in [-0.39, 0.29) is 27.7 Å². The molecule has 1 aliphatic rings. The van der Waals surface area contributed by atoms with Crippen molar-refractivity contribution < 1.29 is 13.6 Å². The van der Waals surface area contributed by atoms with Crippen LogP contribution in [0, 0.1) is 5.82 Å². The Kier molecular flexibility index (Phi) is 3.82. The van der Waals surface area contributed by atoms with E-state index in [0.717, 1.165) is 0 Å². The minimum Gasteiger partial charge on any atom is -0.450 e. The maximum atomic E-state index is 13.9. The molecule has 0 saturated heterocycles. The molecule has 1 atom stereocenters. The molecular formula is C20H10ClFN2O3S. The van der Waals surface area contributed by atoms with E-state index in [0.29, 0.717) is 15.7 Å². The summed E-state index contributed by atoms with van der Waals surface area (Å²) >= 11 is 7.28. The zero-order valence-corrected chi connectivity index (χ0v) is 15.6. The molecule has 0 spiro atoms. The first-order valence-corrected chi connectivity index (χ1v) is 9.55. The van der Waals surface area contributed by atoms with Gasteiger partial charge in [0.05, 0.1) is 17.0 Å². The van der Waals surface area contributed by atoms with Crippen LogP contribution < -0.4 is 10.3 Å². The third kappa shape index (κ3) is 2.47. The highest BCUT2D eigenvalue weighted by Crippen LogP contribution is 2.42. The molecule has 1 aliphatic heterocycles. The summed E-state index contributed by atoms with van der Waals surface area (Å²) in [5.41, 5.74) is 0.498. The number of hydrogen-bond donors (Lipinski definition) is 0. The first kappa shape index (κ1) is 17.1. The number of nitrogens with zero attached hydrogens (tertiary/aromatic N) is 2. The number of rotatable bonds is 2. The zero-order valence-electron chi connectivity index (χ0n) is 14.1. The molecule has 2 aromatic heterocycles. The van der Waals surface area contributed by atoms with Crippen LogP contribution in [0.4, 0.5) is 9.52 Å². The maximum absolute atomic E-state index is 13.9. The number of halogens is 2. The molecule has 28 heavy (non-hydrogen) atoms. The van der Waals surface area contributed by atoms with Gasteiger partial charge in [-0.2, -0.15) is 0 Å². The van der Waals surface area contributed by atoms with Crippen molar-refractivity contribution >= 4 is 44.9 Å². The number of carbonyl (C=O) groups is 1. The van der Waals surface area contributed by atoms with E-state index >= 15 is 0 Å². The fourth-order valence-corrected chi connectivity index (χ4v) is 4.31. The van der Waals surface area contributed by atoms with Crippen molar-refractivity contribution in [2.24, 2.45) is 0 Å². The highest BCUT2D eigenvalue weighted by atomic mass is 35.5. The van der Waals surface area contributed by atoms with Gasteiger partial charge in [0.2, 0.25) is 5.76 Å². The van der Waals surface area contributed by atoms with Crippen molar-refractivity contribution in [3.63, 3.8) is 0 Å². The third-order valence-electron chi connectivity index (χ3n) is 4.62. The van der Waals surface area contributed by atoms with Gasteiger partial charge in [0.1, 0.15) is 11.4 Å². The lowest BCUT2D eigenvalue weighted by Gasteiger charge is -2.22. The Morgan fingerprint density at radius 3 is 2.79 bits per heavy atom. The van der Waals surface area contributed by atoms with Crippen LogP contribution in [-0.4, -0.2) is 10.9 Å². The molecule has 5 rings (SSSR count). The summed E-state index contributed by atoms with van der Waals surface area (Å²) in [6.45, 7) is 0. The number of benzene rings is 2. The van der Waals surface area contributed by atoms with Gasteiger partial charge in [-0.25, -0.2) is 9.37 Å². The number of aromatic nitrogens is 1. The van der Waals surface area contributed by atoms with Crippen molar-refractivity contribution in [2.75, 3.05) is 4.90 Å². The van der Waals surface area contributed by atoms with E-state index in [1.165, 1.54) is 40.5 Å². The standard InChI is InChI=1S/C20H10ClFN2O3S/c21-11-4-5-14-13(9-11)17(25)15-16(10-2-1-3-12(22)8-10)24(19(26)18(15)27-14)20-23-6-7-28-20/h1-9,16H/t16-/m1/s1. The Hall–Kier alpha value is -3.03. The average Bonchev–Trinajstić information content (AvgIpc) is 3.29. The molecule has 0 aliphatic carbocycles. The quantitative estimate of drug-likeness (QED) is 0.474. The predicted molar refractivity (Wildman–Crippen MR) is 105 cm³/mol. The van der Waals surface area contributed by atoms with E-state index in [4.69, 9.17) is 16.0 Å². The third-order valence-corrected chi connectivity index (χ3v) is 5.63. The molecule has 138 valence electrons. The first-order chi connectivity index (χ1) is 13.5. The normalized spacial score (nSPS) is 16.0. The molecule has 5 nitrogen and oxygen atoms in total. The van der Waals surface area contributed by atoms with Crippen molar-refractivity contribution in [1.82, 2.24) is 4.98 Å². The van der Waals surface area contributed by atoms with Crippen molar-refractivity contribution in [2.45, 2.75) is 6.04 Å². The van der Waals surface area contributed by atoms with E-state index in [1.54, 1.807) is 29.8 Å². The van der Waals surface area contributed by atoms with Crippen LogP contribution in [0.25, 0.3) is 11.0 Å². The molecular weight excluding hydrogens is 403 g/mol. The van der Waals surface area contributed by atoms with Gasteiger partial charge in [-0.05, 0) is 35.9 Å². The van der Waals surface area contributed by atoms with Crippen LogP contribution in [0.2, 0.25) is 5.02 Å². The van der Waals surface area contributed by atoms with Crippen LogP contribution in [-0.2, 0) is 0 Å². The zero-order chi connectivity index (χ0) is 19.4. The highest BCUT2D eigenvalue weighted by Gasteiger charge is 2.44. The number of thiazole rings is 1. The maximum Gasteiger partial charge on any atom is 0.297 e. The fraction of sp³-hybridized carbons (Fsp3) is 0.0500. The van der Waals surface area contributed by atoms with Gasteiger partial charge in [0.25, 0.3) is 5.91 Å². The smallest absolute Gasteiger partial charge is 0.297 e. The van der Waals surface area contributed by atoms with E-state index in [2.05, 4.69) is 4.98 Å². The van der Waals surface area contributed by atoms with Crippen LogP contribution in [0.5, 0.6) is 0 Å². The van der Waals surface area contributed by atoms with Crippen LogP contribution >= 0.6 is 22.9 Å². The lowest BCUT2D eigenvalue weighted by molar-refractivity contribution is 0.0971. The Labute approximate surface area is 166 Å². The molecule has 4 aromatic rings. The monoisotopic (exact) mass is 412 g/mol. The summed E-state index contributed by atoms with van der Waals surface area (Å²) in [5.74, 6) is -1.02. The Bertz CT molecular complexity index is 1300. The second kappa shape index (κ2) is 6.25. The Balaban J connectivity index is 1.85. The van der Waals surface area contributed by atoms with Gasteiger partial charge < -0.3 is 4.42 Å². The molecule has 0 radical (unpaired) electrons. The summed E-state index contributed by atoms with van der Waals surface area (Å²) in [5, 5.41) is 2.76. The van der Waals surface area contributed by atoms with E-state index in [9.17, 15) is 14.0 Å². The van der Waals surface area contributed by atoms with Gasteiger partial charge in [-0.15, -0.1) is 11.3 Å². The molecule has 2 aromatic carbocycles. The molecule has 0 saturated carbocycles. The Morgan fingerprint density at radius 2 is 2.04 bits per heavy atom. The summed E-state index contributed by atoms with van der Waals surface area (Å²) in [4.78, 5) is 32.0. The first-order valence-electron chi connectivity index (χ1n) is 8.29. The molecule has 8 heteroatoms. The number of hydrogen-bond acceptors (Lipinski definition) is 5. The van der Waals surface area contributed by atoms with Crippen molar-refractivity contribution in [3.8, 4) is 0 Å². The fourth-order valence-electron chi connectivity index (χ4n) is 3.47. The molecule has 0 fully saturated rings. The average molecular weight is 413 g/mol. The van der Waals surface area contributed by atoms with Gasteiger partial charge in [-0.3, -0.25) is 14.5 Å². The molecule has 0 unspecified atom stereocenters. The van der Waals surface area contributed by atoms with Gasteiger partial charge in [-0.1, -0.05) is 23.7 Å². The van der Waals surface area contributed by atoms with Gasteiger partial charge in [0.15, 0.2) is 10.6 Å². The number of anilines is 1. The molecule has 0 bridgehead atoms. The highest BCUT2D eigenvalue weighted by molar-refractivity contribution is 7.13. The summed E-state index contributed by atoms with van der Waals surface area (Å²) < 4.78 is 19.7.